The van der Waals surface area contributed by atoms with Crippen molar-refractivity contribution in [2.75, 3.05) is 32.1 Å². The summed E-state index contributed by atoms with van der Waals surface area (Å²) in [4.78, 5) is 2.53. The molecule has 35 heavy (non-hydrogen) atoms. The van der Waals surface area contributed by atoms with Gasteiger partial charge in [-0.3, -0.25) is 0 Å². The third kappa shape index (κ3) is 5.82. The van der Waals surface area contributed by atoms with Crippen molar-refractivity contribution in [3.63, 3.8) is 0 Å². The number of ether oxygens (including phenoxy) is 1. The number of nitrogens with one attached hydrogen (secondary N) is 1. The average Bonchev–Trinajstić information content (AvgIpc) is 2.83. The Bertz CT molecular complexity index is 1140. The number of nitrogens with zero attached hydrogens (tertiary/aromatic N) is 1. The van der Waals surface area contributed by atoms with Crippen molar-refractivity contribution < 1.29 is 9.84 Å². The number of phenols is 1. The van der Waals surface area contributed by atoms with E-state index in [2.05, 4.69) is 65.7 Å². The van der Waals surface area contributed by atoms with E-state index in [1.54, 1.807) is 7.11 Å². The van der Waals surface area contributed by atoms with Crippen LogP contribution in [0, 0.1) is 0 Å². The lowest BCUT2D eigenvalue weighted by Gasteiger charge is -2.30. The molecule has 5 rings (SSSR count). The second-order valence-corrected chi connectivity index (χ2v) is 10.4. The number of phenolic OH excluding ortho intramolecular Hbond substituents is 1. The van der Waals surface area contributed by atoms with Crippen molar-refractivity contribution in [3.8, 4) is 11.5 Å². The maximum atomic E-state index is 9.84. The summed E-state index contributed by atoms with van der Waals surface area (Å²) in [5.41, 5.74) is 7.97. The molecule has 0 spiro atoms. The van der Waals surface area contributed by atoms with Crippen molar-refractivity contribution in [3.05, 3.63) is 88.5 Å². The molecule has 1 heterocycles. The Kier molecular flexibility index (Phi) is 7.29. The first-order chi connectivity index (χ1) is 17.1. The number of benzene rings is 3. The molecule has 0 saturated carbocycles. The standard InChI is InChI=1S/C31H38N2O2/c1-22(18-24-6-4-23(5-7-24)14-17-33-15-3-16-33)32-31-21-29(35-2)12-13-30(31)27-9-8-26-20-28(34)11-10-25(26)19-27/h4-7,10-13,20-22,27,32,34H,3,8-9,14-19H2,1-2H3. The van der Waals surface area contributed by atoms with E-state index in [1.807, 2.05) is 12.1 Å². The zero-order valence-electron chi connectivity index (χ0n) is 21.1. The van der Waals surface area contributed by atoms with E-state index in [9.17, 15) is 5.11 Å². The van der Waals surface area contributed by atoms with Crippen LogP contribution in [-0.2, 0) is 25.7 Å². The maximum Gasteiger partial charge on any atom is 0.120 e. The molecule has 1 saturated heterocycles. The van der Waals surface area contributed by atoms with Gasteiger partial charge in [-0.2, -0.15) is 0 Å². The molecule has 4 nitrogen and oxygen atoms in total. The molecule has 0 radical (unpaired) electrons. The van der Waals surface area contributed by atoms with E-state index in [0.717, 1.165) is 37.9 Å². The Hall–Kier alpha value is -2.98. The summed E-state index contributed by atoms with van der Waals surface area (Å²) in [7, 11) is 1.73. The van der Waals surface area contributed by atoms with E-state index in [1.165, 1.54) is 59.6 Å². The number of likely N-dealkylation sites (tertiary alicyclic amines) is 1. The molecule has 2 unspecified atom stereocenters. The fraction of sp³-hybridized carbons (Fsp3) is 0.419. The van der Waals surface area contributed by atoms with Gasteiger partial charge in [-0.25, -0.2) is 0 Å². The van der Waals surface area contributed by atoms with Crippen LogP contribution >= 0.6 is 0 Å². The van der Waals surface area contributed by atoms with E-state index in [4.69, 9.17) is 4.74 Å². The van der Waals surface area contributed by atoms with Gasteiger partial charge in [0.15, 0.2) is 0 Å². The Morgan fingerprint density at radius 1 is 1.00 bits per heavy atom. The number of rotatable bonds is 9. The predicted molar refractivity (Wildman–Crippen MR) is 144 cm³/mol. The van der Waals surface area contributed by atoms with E-state index < -0.39 is 0 Å². The highest BCUT2D eigenvalue weighted by atomic mass is 16.5. The Labute approximate surface area is 209 Å². The lowest BCUT2D eigenvalue weighted by Crippen LogP contribution is -2.38. The van der Waals surface area contributed by atoms with Crippen LogP contribution in [0.1, 0.15) is 53.5 Å². The molecule has 0 amide bonds. The smallest absolute Gasteiger partial charge is 0.120 e. The lowest BCUT2D eigenvalue weighted by atomic mass is 9.79. The monoisotopic (exact) mass is 470 g/mol. The second kappa shape index (κ2) is 10.7. The maximum absolute atomic E-state index is 9.84. The number of hydrogen-bond acceptors (Lipinski definition) is 4. The van der Waals surface area contributed by atoms with Crippen LogP contribution in [0.3, 0.4) is 0 Å². The number of anilines is 1. The molecule has 0 bridgehead atoms. The van der Waals surface area contributed by atoms with Gasteiger partial charge >= 0.3 is 0 Å². The van der Waals surface area contributed by atoms with Crippen molar-refractivity contribution in [1.82, 2.24) is 4.90 Å². The zero-order valence-corrected chi connectivity index (χ0v) is 21.1. The fourth-order valence-electron chi connectivity index (χ4n) is 5.55. The van der Waals surface area contributed by atoms with Crippen molar-refractivity contribution in [1.29, 1.82) is 0 Å². The molecule has 1 fully saturated rings. The highest BCUT2D eigenvalue weighted by Crippen LogP contribution is 2.38. The second-order valence-electron chi connectivity index (χ2n) is 10.4. The van der Waals surface area contributed by atoms with Gasteiger partial charge in [-0.15, -0.1) is 0 Å². The summed E-state index contributed by atoms with van der Waals surface area (Å²) in [6.45, 7) is 5.98. The van der Waals surface area contributed by atoms with Gasteiger partial charge in [0.2, 0.25) is 0 Å². The van der Waals surface area contributed by atoms with Gasteiger partial charge in [-0.1, -0.05) is 36.4 Å². The number of aryl methyl sites for hydroxylation is 1. The number of aromatic hydroxyl groups is 1. The topological polar surface area (TPSA) is 44.7 Å². The molecule has 2 aliphatic rings. The third-order valence-corrected chi connectivity index (χ3v) is 7.75. The highest BCUT2D eigenvalue weighted by Gasteiger charge is 2.23. The van der Waals surface area contributed by atoms with Crippen molar-refractivity contribution in [2.45, 2.75) is 57.4 Å². The quantitative estimate of drug-likeness (QED) is 0.405. The molecule has 2 N–H and O–H groups in total. The van der Waals surface area contributed by atoms with Crippen LogP contribution in [0.4, 0.5) is 5.69 Å². The normalized spacial score (nSPS) is 18.4. The summed E-state index contributed by atoms with van der Waals surface area (Å²) in [6.07, 6.45) is 6.58. The van der Waals surface area contributed by atoms with Gasteiger partial charge in [0.25, 0.3) is 0 Å². The van der Waals surface area contributed by atoms with E-state index in [-0.39, 0.29) is 0 Å². The number of fused-ring (bicyclic) bond motifs is 1. The molecule has 4 heteroatoms. The van der Waals surface area contributed by atoms with Crippen molar-refractivity contribution >= 4 is 5.69 Å². The van der Waals surface area contributed by atoms with Crippen LogP contribution in [0.2, 0.25) is 0 Å². The van der Waals surface area contributed by atoms with Crippen LogP contribution < -0.4 is 10.1 Å². The van der Waals surface area contributed by atoms with Crippen LogP contribution in [-0.4, -0.2) is 42.8 Å². The Morgan fingerprint density at radius 3 is 2.54 bits per heavy atom. The Morgan fingerprint density at radius 2 is 1.80 bits per heavy atom. The minimum atomic E-state index is 0.306. The lowest BCUT2D eigenvalue weighted by molar-refractivity contribution is 0.184. The van der Waals surface area contributed by atoms with Gasteiger partial charge < -0.3 is 20.1 Å². The summed E-state index contributed by atoms with van der Waals surface area (Å²) in [6, 6.07) is 21.8. The Balaban J connectivity index is 1.25. The molecule has 2 atom stereocenters. The largest absolute Gasteiger partial charge is 0.508 e. The molecule has 3 aromatic rings. The zero-order chi connectivity index (χ0) is 24.2. The van der Waals surface area contributed by atoms with E-state index >= 15 is 0 Å². The van der Waals surface area contributed by atoms with E-state index in [0.29, 0.717) is 17.7 Å². The van der Waals surface area contributed by atoms with Gasteiger partial charge in [0, 0.05) is 24.3 Å². The molecular weight excluding hydrogens is 432 g/mol. The molecule has 3 aromatic carbocycles. The average molecular weight is 471 g/mol. The summed E-state index contributed by atoms with van der Waals surface area (Å²) >= 11 is 0. The predicted octanol–water partition coefficient (Wildman–Crippen LogP) is 5.96. The third-order valence-electron chi connectivity index (χ3n) is 7.75. The summed E-state index contributed by atoms with van der Waals surface area (Å²) < 4.78 is 5.56. The van der Waals surface area contributed by atoms with Gasteiger partial charge in [-0.05, 0) is 110 Å². The van der Waals surface area contributed by atoms with Gasteiger partial charge in [0.1, 0.15) is 11.5 Å². The molecule has 1 aliphatic carbocycles. The van der Waals surface area contributed by atoms with Crippen LogP contribution in [0.25, 0.3) is 0 Å². The number of hydrogen-bond donors (Lipinski definition) is 2. The summed E-state index contributed by atoms with van der Waals surface area (Å²) in [5.74, 6) is 1.71. The fourth-order valence-corrected chi connectivity index (χ4v) is 5.55. The summed E-state index contributed by atoms with van der Waals surface area (Å²) in [5, 5.41) is 13.7. The molecule has 1 aliphatic heterocycles. The van der Waals surface area contributed by atoms with Crippen molar-refractivity contribution in [2.24, 2.45) is 0 Å². The van der Waals surface area contributed by atoms with Crippen LogP contribution in [0.15, 0.2) is 60.7 Å². The minimum absolute atomic E-state index is 0.306. The number of methoxy groups -OCH3 is 1. The first-order valence-corrected chi connectivity index (χ1v) is 13.1. The van der Waals surface area contributed by atoms with Gasteiger partial charge in [0.05, 0.1) is 7.11 Å². The minimum Gasteiger partial charge on any atom is -0.508 e. The first-order valence-electron chi connectivity index (χ1n) is 13.1. The first kappa shape index (κ1) is 23.7. The molecule has 184 valence electrons. The van der Waals surface area contributed by atoms with Crippen LogP contribution in [0.5, 0.6) is 11.5 Å². The molecule has 0 aromatic heterocycles. The highest BCUT2D eigenvalue weighted by molar-refractivity contribution is 5.58. The SMILES string of the molecule is COc1ccc(C2CCc3cc(O)ccc3C2)c(NC(C)Cc2ccc(CCN3CCC3)cc2)c1. The molecular formula is C31H38N2O2.